The van der Waals surface area contributed by atoms with E-state index >= 15 is 0 Å². The average Bonchev–Trinajstić information content (AvgIpc) is 3.44. The highest BCUT2D eigenvalue weighted by molar-refractivity contribution is 6.31. The number of aliphatic carboxylic acids is 1. The van der Waals surface area contributed by atoms with Crippen molar-refractivity contribution in [1.82, 2.24) is 19.7 Å². The molecule has 0 saturated carbocycles. The van der Waals surface area contributed by atoms with Crippen molar-refractivity contribution in [2.75, 3.05) is 11.1 Å². The number of nitrogens with two attached hydrogens (primary N) is 1. The van der Waals surface area contributed by atoms with Crippen LogP contribution >= 0.6 is 11.6 Å². The molecule has 5 aromatic rings. The van der Waals surface area contributed by atoms with Gasteiger partial charge in [-0.1, -0.05) is 61.0 Å². The SMILES string of the molecule is CC(Cc1ccc([C@]2(C)C(=O)Nc3nc(-c4nn(Cc5ccccc5F)c5cc(Cl)ccc45)nc(N)c32)cc1)C(=O)O. The number of halogens is 2. The molecule has 0 fully saturated rings. The third-order valence-corrected chi connectivity index (χ3v) is 8.06. The van der Waals surface area contributed by atoms with Crippen LogP contribution in [-0.4, -0.2) is 36.7 Å². The smallest absolute Gasteiger partial charge is 0.306 e. The summed E-state index contributed by atoms with van der Waals surface area (Å²) >= 11 is 6.30. The number of carboxylic acid groups (broad SMARTS) is 1. The molecule has 11 heteroatoms. The molecule has 3 heterocycles. The minimum absolute atomic E-state index is 0.116. The number of nitrogens with zero attached hydrogens (tertiary/aromatic N) is 4. The van der Waals surface area contributed by atoms with Gasteiger partial charge in [0.1, 0.15) is 28.6 Å². The molecule has 0 radical (unpaired) electrons. The van der Waals surface area contributed by atoms with Gasteiger partial charge >= 0.3 is 5.97 Å². The molecule has 212 valence electrons. The fourth-order valence-corrected chi connectivity index (χ4v) is 5.59. The minimum Gasteiger partial charge on any atom is -0.481 e. The Hall–Kier alpha value is -4.83. The van der Waals surface area contributed by atoms with Gasteiger partial charge in [-0.3, -0.25) is 14.3 Å². The van der Waals surface area contributed by atoms with Gasteiger partial charge in [-0.05, 0) is 48.7 Å². The number of fused-ring (bicyclic) bond motifs is 2. The van der Waals surface area contributed by atoms with E-state index in [1.54, 1.807) is 67.1 Å². The highest BCUT2D eigenvalue weighted by Gasteiger charge is 2.47. The first kappa shape index (κ1) is 27.3. The van der Waals surface area contributed by atoms with E-state index in [4.69, 9.17) is 22.4 Å². The van der Waals surface area contributed by atoms with E-state index in [1.807, 2.05) is 12.1 Å². The maximum Gasteiger partial charge on any atom is 0.306 e. The number of carboxylic acids is 1. The van der Waals surface area contributed by atoms with Crippen molar-refractivity contribution in [3.8, 4) is 11.5 Å². The van der Waals surface area contributed by atoms with Crippen molar-refractivity contribution < 1.29 is 19.1 Å². The second-order valence-corrected chi connectivity index (χ2v) is 11.1. The molecule has 4 N–H and O–H groups in total. The number of hydrogen-bond acceptors (Lipinski definition) is 6. The molecule has 42 heavy (non-hydrogen) atoms. The Balaban J connectivity index is 1.41. The predicted molar refractivity (Wildman–Crippen MR) is 158 cm³/mol. The maximum atomic E-state index is 14.5. The zero-order valence-electron chi connectivity index (χ0n) is 22.7. The monoisotopic (exact) mass is 584 g/mol. The van der Waals surface area contributed by atoms with E-state index in [0.29, 0.717) is 44.7 Å². The summed E-state index contributed by atoms with van der Waals surface area (Å²) in [5.41, 5.74) is 8.83. The third kappa shape index (κ3) is 4.53. The number of amides is 1. The molecule has 1 aliphatic rings. The van der Waals surface area contributed by atoms with Crippen molar-refractivity contribution in [3.05, 3.63) is 99.8 Å². The predicted octanol–water partition coefficient (Wildman–Crippen LogP) is 5.44. The Kier molecular flexibility index (Phi) is 6.65. The van der Waals surface area contributed by atoms with Crippen molar-refractivity contribution in [2.24, 2.45) is 5.92 Å². The van der Waals surface area contributed by atoms with Crippen LogP contribution in [-0.2, 0) is 28.0 Å². The molecule has 9 nitrogen and oxygen atoms in total. The van der Waals surface area contributed by atoms with Crippen LogP contribution in [0.3, 0.4) is 0 Å². The number of rotatable bonds is 7. The summed E-state index contributed by atoms with van der Waals surface area (Å²) in [6.07, 6.45) is 0.368. The summed E-state index contributed by atoms with van der Waals surface area (Å²) in [7, 11) is 0. The van der Waals surface area contributed by atoms with Crippen molar-refractivity contribution >= 4 is 46.0 Å². The van der Waals surface area contributed by atoms with Crippen LogP contribution in [0.15, 0.2) is 66.7 Å². The topological polar surface area (TPSA) is 136 Å². The highest BCUT2D eigenvalue weighted by Crippen LogP contribution is 2.45. The number of nitrogen functional groups attached to an aromatic ring is 1. The van der Waals surface area contributed by atoms with Crippen LogP contribution in [0, 0.1) is 11.7 Å². The first-order chi connectivity index (χ1) is 20.1. The number of hydrogen-bond donors (Lipinski definition) is 3. The number of benzene rings is 3. The first-order valence-electron chi connectivity index (χ1n) is 13.3. The molecule has 2 aromatic heterocycles. The van der Waals surface area contributed by atoms with Crippen molar-refractivity contribution in [1.29, 1.82) is 0 Å². The van der Waals surface area contributed by atoms with Crippen molar-refractivity contribution in [2.45, 2.75) is 32.2 Å². The van der Waals surface area contributed by atoms with Gasteiger partial charge in [0.15, 0.2) is 5.82 Å². The standard InChI is InChI=1S/C31H26ClFN6O3/c1-16(29(40)41)13-17-7-9-19(10-8-17)31(2)24-26(34)35-28(36-27(24)37-30(31)42)25-21-12-11-20(32)14-23(21)39(38-25)15-18-5-3-4-6-22(18)33/h3-12,14,16H,13,15H2,1-2H3,(H,40,41)(H3,34,35,36,37,42)/t16?,31-/m0/s1. The quantitative estimate of drug-likeness (QED) is 0.232. The van der Waals surface area contributed by atoms with Gasteiger partial charge in [0.25, 0.3) is 0 Å². The number of anilines is 2. The zero-order valence-corrected chi connectivity index (χ0v) is 23.5. The molecule has 0 saturated heterocycles. The lowest BCUT2D eigenvalue weighted by Gasteiger charge is -2.23. The molecule has 1 aliphatic heterocycles. The summed E-state index contributed by atoms with van der Waals surface area (Å²) < 4.78 is 16.1. The minimum atomic E-state index is -1.17. The third-order valence-electron chi connectivity index (χ3n) is 7.82. The van der Waals surface area contributed by atoms with Gasteiger partial charge in [0, 0.05) is 16.0 Å². The van der Waals surface area contributed by atoms with E-state index in [0.717, 1.165) is 5.56 Å². The zero-order chi connectivity index (χ0) is 29.8. The van der Waals surface area contributed by atoms with Gasteiger partial charge in [-0.2, -0.15) is 5.10 Å². The molecular formula is C31H26ClFN6O3. The molecule has 6 rings (SSSR count). The average molecular weight is 585 g/mol. The lowest BCUT2D eigenvalue weighted by molar-refractivity contribution is -0.141. The van der Waals surface area contributed by atoms with Crippen LogP contribution in [0.1, 0.15) is 36.1 Å². The largest absolute Gasteiger partial charge is 0.481 e. The van der Waals surface area contributed by atoms with Crippen LogP contribution in [0.25, 0.3) is 22.4 Å². The van der Waals surface area contributed by atoms with Gasteiger partial charge in [-0.25, -0.2) is 14.4 Å². The second kappa shape index (κ2) is 10.2. The second-order valence-electron chi connectivity index (χ2n) is 10.6. The van der Waals surface area contributed by atoms with Gasteiger partial charge in [-0.15, -0.1) is 0 Å². The molecule has 3 aromatic carbocycles. The van der Waals surface area contributed by atoms with Gasteiger partial charge in [0.2, 0.25) is 5.91 Å². The molecule has 0 aliphatic carbocycles. The number of aromatic nitrogens is 4. The van der Waals surface area contributed by atoms with Gasteiger partial charge in [0.05, 0.1) is 23.5 Å². The number of carbonyl (C=O) groups is 2. The van der Waals surface area contributed by atoms with Crippen LogP contribution < -0.4 is 11.1 Å². The van der Waals surface area contributed by atoms with E-state index in [-0.39, 0.29) is 35.7 Å². The van der Waals surface area contributed by atoms with E-state index in [1.165, 1.54) is 6.07 Å². The fourth-order valence-electron chi connectivity index (χ4n) is 5.42. The number of carbonyl (C=O) groups excluding carboxylic acids is 1. The van der Waals surface area contributed by atoms with E-state index in [9.17, 15) is 19.1 Å². The summed E-state index contributed by atoms with van der Waals surface area (Å²) in [5, 5.41) is 18.0. The van der Waals surface area contributed by atoms with E-state index in [2.05, 4.69) is 15.3 Å². The Morgan fingerprint density at radius 3 is 2.60 bits per heavy atom. The molecule has 0 spiro atoms. The molecular weight excluding hydrogens is 559 g/mol. The lowest BCUT2D eigenvalue weighted by Crippen LogP contribution is -2.33. The molecule has 0 bridgehead atoms. The Bertz CT molecular complexity index is 1890. The van der Waals surface area contributed by atoms with Crippen LogP contribution in [0.5, 0.6) is 0 Å². The van der Waals surface area contributed by atoms with E-state index < -0.39 is 17.3 Å². The summed E-state index contributed by atoms with van der Waals surface area (Å²) in [6.45, 7) is 3.55. The summed E-state index contributed by atoms with van der Waals surface area (Å²) in [4.78, 5) is 33.9. The van der Waals surface area contributed by atoms with Gasteiger partial charge < -0.3 is 16.2 Å². The molecule has 1 unspecified atom stereocenters. The molecule has 2 atom stereocenters. The molecule has 1 amide bonds. The number of nitrogens with one attached hydrogen (secondary N) is 1. The summed E-state index contributed by atoms with van der Waals surface area (Å²) in [6, 6.07) is 18.9. The maximum absolute atomic E-state index is 14.5. The Labute approximate surface area is 245 Å². The van der Waals surface area contributed by atoms with Crippen molar-refractivity contribution in [3.63, 3.8) is 0 Å². The fraction of sp³-hybridized carbons (Fsp3) is 0.194. The first-order valence-corrected chi connectivity index (χ1v) is 13.7. The Morgan fingerprint density at radius 1 is 1.14 bits per heavy atom. The summed E-state index contributed by atoms with van der Waals surface area (Å²) in [5.74, 6) is -1.48. The highest BCUT2D eigenvalue weighted by atomic mass is 35.5. The lowest BCUT2D eigenvalue weighted by atomic mass is 9.77. The normalized spacial score (nSPS) is 16.8. The Morgan fingerprint density at radius 2 is 1.88 bits per heavy atom. The van der Waals surface area contributed by atoms with Crippen LogP contribution in [0.4, 0.5) is 16.0 Å². The van der Waals surface area contributed by atoms with Crippen LogP contribution in [0.2, 0.25) is 5.02 Å².